The van der Waals surface area contributed by atoms with Crippen LogP contribution in [0.3, 0.4) is 0 Å². The molecule has 1 aliphatic heterocycles. The lowest BCUT2D eigenvalue weighted by Gasteiger charge is -2.14. The number of rotatable bonds is 1. The molecular weight excluding hydrogens is 191 g/mol. The Labute approximate surface area is 85.2 Å². The van der Waals surface area contributed by atoms with Gasteiger partial charge in [0.15, 0.2) is 0 Å². The summed E-state index contributed by atoms with van der Waals surface area (Å²) in [4.78, 5) is 0. The molecule has 0 aliphatic carbocycles. The van der Waals surface area contributed by atoms with Crippen molar-refractivity contribution < 1.29 is 4.57 Å². The minimum absolute atomic E-state index is 0.754. The van der Waals surface area contributed by atoms with Crippen LogP contribution in [0.4, 0.5) is 0 Å². The molecule has 1 aromatic rings. The largest absolute Gasteiger partial charge is 0.318 e. The molecule has 0 amide bonds. The number of benzene rings is 1. The Morgan fingerprint density at radius 3 is 2.50 bits per heavy atom. The first kappa shape index (κ1) is 9.73. The van der Waals surface area contributed by atoms with Crippen LogP contribution in [-0.4, -0.2) is 12.3 Å². The molecule has 0 saturated heterocycles. The van der Waals surface area contributed by atoms with E-state index in [9.17, 15) is 4.57 Å². The van der Waals surface area contributed by atoms with Crippen molar-refractivity contribution in [2.75, 3.05) is 12.3 Å². The van der Waals surface area contributed by atoms with Gasteiger partial charge in [-0.15, -0.1) is 0 Å². The molecule has 0 radical (unpaired) electrons. The molecule has 1 heterocycles. The Hall–Kier alpha value is -0.810. The van der Waals surface area contributed by atoms with Crippen LogP contribution in [0.25, 0.3) is 0 Å². The SMILES string of the molecule is CC1=CCP(=O)(c2ccccc2C)C1. The molecule has 0 aromatic heterocycles. The van der Waals surface area contributed by atoms with Crippen molar-refractivity contribution in [3.05, 3.63) is 41.5 Å². The highest BCUT2D eigenvalue weighted by Crippen LogP contribution is 2.50. The van der Waals surface area contributed by atoms with Gasteiger partial charge in [-0.2, -0.15) is 0 Å². The predicted molar refractivity (Wildman–Crippen MR) is 61.9 cm³/mol. The molecule has 2 rings (SSSR count). The quantitative estimate of drug-likeness (QED) is 0.510. The van der Waals surface area contributed by atoms with Crippen LogP contribution in [0.2, 0.25) is 0 Å². The van der Waals surface area contributed by atoms with Gasteiger partial charge in [-0.1, -0.05) is 35.9 Å². The summed E-state index contributed by atoms with van der Waals surface area (Å²) in [6.45, 7) is 4.11. The first-order valence-corrected chi connectivity index (χ1v) is 6.99. The summed E-state index contributed by atoms with van der Waals surface area (Å²) in [6, 6.07) is 8.04. The highest BCUT2D eigenvalue weighted by atomic mass is 31.2. The van der Waals surface area contributed by atoms with Gasteiger partial charge in [0, 0.05) is 17.6 Å². The Bertz CT molecular complexity index is 432. The van der Waals surface area contributed by atoms with E-state index in [0.717, 1.165) is 17.6 Å². The predicted octanol–water partition coefficient (Wildman–Crippen LogP) is 2.94. The summed E-state index contributed by atoms with van der Waals surface area (Å²) >= 11 is 0. The molecule has 0 bridgehead atoms. The molecular formula is C12H15OP. The fourth-order valence-electron chi connectivity index (χ4n) is 2.04. The molecule has 1 aromatic carbocycles. The molecule has 2 heteroatoms. The lowest BCUT2D eigenvalue weighted by Crippen LogP contribution is -2.10. The molecule has 0 saturated carbocycles. The van der Waals surface area contributed by atoms with Crippen molar-refractivity contribution >= 4 is 12.4 Å². The van der Waals surface area contributed by atoms with Gasteiger partial charge in [-0.05, 0) is 19.4 Å². The van der Waals surface area contributed by atoms with Gasteiger partial charge >= 0.3 is 0 Å². The van der Waals surface area contributed by atoms with Crippen molar-refractivity contribution in [1.82, 2.24) is 0 Å². The minimum atomic E-state index is -2.11. The third kappa shape index (κ3) is 1.57. The third-order valence-electron chi connectivity index (χ3n) is 2.79. The number of aryl methyl sites for hydroxylation is 1. The lowest BCUT2D eigenvalue weighted by atomic mass is 10.2. The van der Waals surface area contributed by atoms with Crippen LogP contribution in [-0.2, 0) is 4.57 Å². The monoisotopic (exact) mass is 206 g/mol. The van der Waals surface area contributed by atoms with Crippen molar-refractivity contribution in [2.45, 2.75) is 13.8 Å². The van der Waals surface area contributed by atoms with E-state index >= 15 is 0 Å². The van der Waals surface area contributed by atoms with Crippen LogP contribution in [0.15, 0.2) is 35.9 Å². The summed E-state index contributed by atoms with van der Waals surface area (Å²) in [5, 5.41) is 1.08. The number of allylic oxidation sites excluding steroid dienone is 2. The van der Waals surface area contributed by atoms with Gasteiger partial charge in [0.1, 0.15) is 7.14 Å². The highest BCUT2D eigenvalue weighted by Gasteiger charge is 2.29. The summed E-state index contributed by atoms with van der Waals surface area (Å²) in [6.07, 6.45) is 3.65. The van der Waals surface area contributed by atoms with Crippen LogP contribution in [0, 0.1) is 6.92 Å². The lowest BCUT2D eigenvalue weighted by molar-refractivity contribution is 0.585. The van der Waals surface area contributed by atoms with Gasteiger partial charge in [-0.25, -0.2) is 0 Å². The first-order valence-electron chi connectivity index (χ1n) is 4.92. The number of hydrogen-bond acceptors (Lipinski definition) is 1. The molecule has 14 heavy (non-hydrogen) atoms. The minimum Gasteiger partial charge on any atom is -0.318 e. The number of hydrogen-bond donors (Lipinski definition) is 0. The second kappa shape index (κ2) is 3.40. The van der Waals surface area contributed by atoms with E-state index in [1.54, 1.807) is 0 Å². The molecule has 0 spiro atoms. The van der Waals surface area contributed by atoms with E-state index in [0.29, 0.717) is 0 Å². The Kier molecular flexibility index (Phi) is 2.36. The van der Waals surface area contributed by atoms with E-state index in [-0.39, 0.29) is 0 Å². The van der Waals surface area contributed by atoms with Crippen molar-refractivity contribution in [2.24, 2.45) is 0 Å². The zero-order chi connectivity index (χ0) is 10.2. The topological polar surface area (TPSA) is 17.1 Å². The fraction of sp³-hybridized carbons (Fsp3) is 0.333. The summed E-state index contributed by atoms with van der Waals surface area (Å²) < 4.78 is 12.6. The van der Waals surface area contributed by atoms with E-state index in [2.05, 4.69) is 13.0 Å². The van der Waals surface area contributed by atoms with Crippen molar-refractivity contribution in [1.29, 1.82) is 0 Å². The van der Waals surface area contributed by atoms with Crippen LogP contribution in [0.1, 0.15) is 12.5 Å². The molecule has 1 atom stereocenters. The van der Waals surface area contributed by atoms with E-state index < -0.39 is 7.14 Å². The second-order valence-corrected chi connectivity index (χ2v) is 7.01. The smallest absolute Gasteiger partial charge is 0.123 e. The van der Waals surface area contributed by atoms with Crippen LogP contribution >= 0.6 is 7.14 Å². The highest BCUT2D eigenvalue weighted by molar-refractivity contribution is 7.72. The van der Waals surface area contributed by atoms with Crippen molar-refractivity contribution in [3.63, 3.8) is 0 Å². The first-order chi connectivity index (χ1) is 6.62. The second-order valence-electron chi connectivity index (χ2n) is 4.07. The summed E-state index contributed by atoms with van der Waals surface area (Å²) in [5.41, 5.74) is 2.44. The zero-order valence-electron chi connectivity index (χ0n) is 8.66. The Balaban J connectivity index is 2.42. The average molecular weight is 206 g/mol. The van der Waals surface area contributed by atoms with Gasteiger partial charge in [-0.3, -0.25) is 0 Å². The maximum atomic E-state index is 12.6. The summed E-state index contributed by atoms with van der Waals surface area (Å²) in [5.74, 6) is 0. The maximum absolute atomic E-state index is 12.6. The Morgan fingerprint density at radius 2 is 1.93 bits per heavy atom. The van der Waals surface area contributed by atoms with Crippen LogP contribution in [0.5, 0.6) is 0 Å². The zero-order valence-corrected chi connectivity index (χ0v) is 9.55. The molecule has 1 nitrogen and oxygen atoms in total. The van der Waals surface area contributed by atoms with E-state index in [1.807, 2.05) is 31.2 Å². The van der Waals surface area contributed by atoms with Crippen molar-refractivity contribution in [3.8, 4) is 0 Å². The average Bonchev–Trinajstić information content (AvgIpc) is 2.48. The Morgan fingerprint density at radius 1 is 1.21 bits per heavy atom. The van der Waals surface area contributed by atoms with Gasteiger partial charge < -0.3 is 4.57 Å². The fourth-order valence-corrected chi connectivity index (χ4v) is 5.15. The molecule has 0 fully saturated rings. The van der Waals surface area contributed by atoms with E-state index in [4.69, 9.17) is 0 Å². The molecule has 74 valence electrons. The molecule has 1 unspecified atom stereocenters. The molecule has 1 aliphatic rings. The summed E-state index contributed by atoms with van der Waals surface area (Å²) in [7, 11) is -2.11. The molecule has 0 N–H and O–H groups in total. The third-order valence-corrected chi connectivity index (χ3v) is 5.96. The normalized spacial score (nSPS) is 26.3. The maximum Gasteiger partial charge on any atom is 0.123 e. The van der Waals surface area contributed by atoms with Crippen LogP contribution < -0.4 is 5.30 Å². The van der Waals surface area contributed by atoms with Gasteiger partial charge in [0.25, 0.3) is 0 Å². The van der Waals surface area contributed by atoms with E-state index in [1.165, 1.54) is 11.1 Å². The van der Waals surface area contributed by atoms with Gasteiger partial charge in [0.2, 0.25) is 0 Å². The standard InChI is InChI=1S/C12H15OP/c1-10-7-8-14(13,9-10)12-6-4-3-5-11(12)2/h3-7H,8-9H2,1-2H3. The van der Waals surface area contributed by atoms with Gasteiger partial charge in [0.05, 0.1) is 0 Å².